The predicted molar refractivity (Wildman–Crippen MR) is 34.6 cm³/mol. The highest BCUT2D eigenvalue weighted by Crippen LogP contribution is 2.89. The zero-order valence-electron chi connectivity index (χ0n) is 5.33. The van der Waals surface area contributed by atoms with E-state index in [9.17, 15) is 29.9 Å². The van der Waals surface area contributed by atoms with Crippen LogP contribution in [0.15, 0.2) is 4.52 Å². The lowest BCUT2D eigenvalue weighted by atomic mass is 13.6. The zero-order valence-corrected chi connectivity index (χ0v) is 8.01. The molecule has 0 aliphatic carbocycles. The van der Waals surface area contributed by atoms with Gasteiger partial charge in [-0.25, -0.2) is 0 Å². The minimum atomic E-state index is -6.50. The van der Waals surface area contributed by atoms with Crippen LogP contribution in [-0.4, -0.2) is 9.33 Å². The van der Waals surface area contributed by atoms with Gasteiger partial charge in [-0.3, -0.25) is 0 Å². The van der Waals surface area contributed by atoms with E-state index < -0.39 is 33.9 Å². The molecule has 1 unspecified atom stereocenters. The second kappa shape index (κ2) is 3.28. The van der Waals surface area contributed by atoms with E-state index in [-0.39, 0.29) is 0 Å². The van der Waals surface area contributed by atoms with Crippen LogP contribution in [0.25, 0.3) is 0 Å². The number of rotatable bonds is 0. The molecule has 0 fully saturated rings. The first kappa shape index (κ1) is 11.6. The summed E-state index contributed by atoms with van der Waals surface area (Å²) in [4.78, 5) is 0. The fraction of sp³-hybridized carbons (Fsp3) is 0. The lowest BCUT2D eigenvalue weighted by Gasteiger charge is -2.21. The van der Waals surface area contributed by atoms with Crippen LogP contribution in [0.5, 0.6) is 0 Å². The Labute approximate surface area is 69.4 Å². The molecule has 0 radical (unpaired) electrons. The van der Waals surface area contributed by atoms with Crippen molar-refractivity contribution in [3.63, 3.8) is 0 Å². The number of halogens is 7. The van der Waals surface area contributed by atoms with Crippen molar-refractivity contribution in [2.75, 3.05) is 0 Å². The van der Waals surface area contributed by atoms with Gasteiger partial charge in [0.2, 0.25) is 0 Å². The van der Waals surface area contributed by atoms with Crippen LogP contribution in [0, 0.1) is 0 Å². The third-order valence-electron chi connectivity index (χ3n) is 0.913. The molecule has 78 valence electrons. The van der Waals surface area contributed by atoms with Crippen LogP contribution in [0.2, 0.25) is 0 Å². The van der Waals surface area contributed by atoms with Gasteiger partial charge in [0.1, 0.15) is 4.66 Å². The van der Waals surface area contributed by atoms with E-state index in [0.29, 0.717) is 0 Å². The Morgan fingerprint density at radius 1 is 1.23 bits per heavy atom. The smallest absolute Gasteiger partial charge is 0.174 e. The monoisotopic (exact) mass is 268 g/mol. The normalized spacial score (nSPS) is 34.2. The molecule has 13 heavy (non-hydrogen) atoms. The maximum atomic E-state index is 12.2. The van der Waals surface area contributed by atoms with Crippen LogP contribution in [0.1, 0.15) is 0 Å². The van der Waals surface area contributed by atoms with E-state index in [0.717, 1.165) is 0 Å². The Balaban J connectivity index is 3.17. The van der Waals surface area contributed by atoms with Gasteiger partial charge < -0.3 is 0 Å². The van der Waals surface area contributed by atoms with Crippen LogP contribution in [-0.2, 0) is 0 Å². The molecule has 0 N–H and O–H groups in total. The van der Waals surface area contributed by atoms with E-state index in [1.165, 1.54) is 0 Å². The van der Waals surface area contributed by atoms with Gasteiger partial charge in [0.15, 0.2) is 4.66 Å². The SMILES string of the molecule is FN1P(F)N=P(F)(F)N(F)[P+]1(F)F. The standard InChI is InChI=1S/F7N3P3/c1-9-11(3)8-12(4,5)10(2)13(9,6)7/q+1. The molecule has 1 heterocycles. The fourth-order valence-electron chi connectivity index (χ4n) is 0.434. The van der Waals surface area contributed by atoms with Crippen molar-refractivity contribution < 1.29 is 29.9 Å². The van der Waals surface area contributed by atoms with Crippen LogP contribution < -0.4 is 0 Å². The molecule has 0 amide bonds. The molecule has 0 saturated carbocycles. The maximum Gasteiger partial charge on any atom is 0.614 e. The van der Waals surface area contributed by atoms with E-state index in [1.54, 1.807) is 4.52 Å². The second-order valence-corrected chi connectivity index (χ2v) is 6.78. The summed E-state index contributed by atoms with van der Waals surface area (Å²) in [6.45, 7) is 0. The first-order valence-electron chi connectivity index (χ1n) is 2.38. The molecule has 3 nitrogen and oxygen atoms in total. The van der Waals surface area contributed by atoms with Gasteiger partial charge in [-0.05, 0) is 0 Å². The highest BCUT2D eigenvalue weighted by atomic mass is 31.3. The van der Waals surface area contributed by atoms with Crippen LogP contribution in [0.3, 0.4) is 0 Å². The highest BCUT2D eigenvalue weighted by Gasteiger charge is 2.74. The van der Waals surface area contributed by atoms with Gasteiger partial charge in [-0.2, -0.15) is 12.6 Å². The van der Waals surface area contributed by atoms with Crippen molar-refractivity contribution in [2.24, 2.45) is 4.52 Å². The van der Waals surface area contributed by atoms with Crippen molar-refractivity contribution >= 4 is 24.5 Å². The molecule has 1 atom stereocenters. The molecule has 0 saturated heterocycles. The number of hydrogen-bond donors (Lipinski definition) is 0. The number of hydrogen-bond acceptors (Lipinski definition) is 3. The van der Waals surface area contributed by atoms with Crippen molar-refractivity contribution in [3.8, 4) is 0 Å². The van der Waals surface area contributed by atoms with E-state index in [4.69, 9.17) is 0 Å². The molecule has 1 aliphatic rings. The Morgan fingerprint density at radius 3 is 2.15 bits per heavy atom. The quantitative estimate of drug-likeness (QED) is 0.347. The van der Waals surface area contributed by atoms with Crippen molar-refractivity contribution in [1.29, 1.82) is 0 Å². The first-order chi connectivity index (χ1) is 5.69. The molecule has 1 rings (SSSR count). The Kier molecular flexibility index (Phi) is 2.92. The highest BCUT2D eigenvalue weighted by molar-refractivity contribution is 7.82. The van der Waals surface area contributed by atoms with Crippen LogP contribution in [0.4, 0.5) is 29.9 Å². The number of nitrogens with zero attached hydrogens (tertiary/aromatic N) is 3. The summed E-state index contributed by atoms with van der Waals surface area (Å²) >= 11 is 0. The zero-order chi connectivity index (χ0) is 10.4. The van der Waals surface area contributed by atoms with E-state index in [1.807, 2.05) is 0 Å². The van der Waals surface area contributed by atoms with Gasteiger partial charge in [0, 0.05) is 8.39 Å². The molecular formula is F7N3P3+. The average Bonchev–Trinajstić information content (AvgIpc) is 1.98. The molecule has 13 heteroatoms. The third-order valence-corrected chi connectivity index (χ3v) is 6.21. The molecule has 0 aromatic rings. The maximum absolute atomic E-state index is 12.2. The van der Waals surface area contributed by atoms with Crippen LogP contribution >= 0.6 is 24.5 Å². The van der Waals surface area contributed by atoms with Gasteiger partial charge in [0.05, 0.1) is 0 Å². The summed E-state index contributed by atoms with van der Waals surface area (Å²) in [5, 5.41) is 0. The Morgan fingerprint density at radius 2 is 1.69 bits per heavy atom. The average molecular weight is 268 g/mol. The van der Waals surface area contributed by atoms with Gasteiger partial charge >= 0.3 is 24.5 Å². The van der Waals surface area contributed by atoms with E-state index >= 15 is 0 Å². The largest absolute Gasteiger partial charge is 0.614 e. The van der Waals surface area contributed by atoms with Crippen molar-refractivity contribution in [3.05, 3.63) is 0 Å². The minimum Gasteiger partial charge on any atom is -0.174 e. The molecule has 0 spiro atoms. The van der Waals surface area contributed by atoms with Gasteiger partial charge in [-0.1, -0.05) is 8.96 Å². The summed E-state index contributed by atoms with van der Waals surface area (Å²) in [5.41, 5.74) is 0. The summed E-state index contributed by atoms with van der Waals surface area (Å²) in [6.07, 6.45) is 0. The van der Waals surface area contributed by atoms with E-state index in [2.05, 4.69) is 0 Å². The molecule has 0 aromatic heterocycles. The predicted octanol–water partition coefficient (Wildman–Crippen LogP) is 5.07. The molecular weight excluding hydrogens is 268 g/mol. The topological polar surface area (TPSA) is 18.8 Å². The van der Waals surface area contributed by atoms with Crippen molar-refractivity contribution in [2.45, 2.75) is 0 Å². The Bertz CT molecular complexity index is 258. The second-order valence-electron chi connectivity index (χ2n) is 1.72. The minimum absolute atomic E-state index is 1.70. The third kappa shape index (κ3) is 1.83. The Hall–Kier alpha value is 0.520. The summed E-state index contributed by atoms with van der Waals surface area (Å²) in [5.74, 6) is 0. The lowest BCUT2D eigenvalue weighted by Crippen LogP contribution is -2.15. The van der Waals surface area contributed by atoms with Gasteiger partial charge in [0.25, 0.3) is 0 Å². The summed E-state index contributed by atoms with van der Waals surface area (Å²) in [6, 6.07) is 0. The lowest BCUT2D eigenvalue weighted by molar-refractivity contribution is 0.149. The molecule has 0 aromatic carbocycles. The molecule has 1 aliphatic heterocycles. The van der Waals surface area contributed by atoms with Crippen molar-refractivity contribution in [1.82, 2.24) is 9.33 Å². The first-order valence-corrected chi connectivity index (χ1v) is 6.47. The summed E-state index contributed by atoms with van der Waals surface area (Å²) in [7, 11) is -16.8. The van der Waals surface area contributed by atoms with Gasteiger partial charge in [-0.15, -0.1) is 4.52 Å². The fourth-order valence-corrected chi connectivity index (χ4v) is 4.80. The summed E-state index contributed by atoms with van der Waals surface area (Å²) < 4.78 is 82.5. The molecule has 0 bridgehead atoms.